The molecule has 0 aliphatic heterocycles. The maximum absolute atomic E-state index is 3.88. The van der Waals surface area contributed by atoms with E-state index in [1.54, 1.807) is 0 Å². The second-order valence-corrected chi connectivity index (χ2v) is 12.0. The fourth-order valence-electron chi connectivity index (χ4n) is 5.85. The Kier molecular flexibility index (Phi) is 5.76. The molecule has 6 rings (SSSR count). The third-order valence-electron chi connectivity index (χ3n) is 8.06. The maximum Gasteiger partial charge on any atom is 0.0467 e. The van der Waals surface area contributed by atoms with Crippen molar-refractivity contribution in [2.45, 2.75) is 45.4 Å². The van der Waals surface area contributed by atoms with Gasteiger partial charge in [0.05, 0.1) is 0 Å². The van der Waals surface area contributed by atoms with Crippen LogP contribution in [0.5, 0.6) is 0 Å². The normalized spacial score (nSPS) is 13.6. The molecule has 0 saturated carbocycles. The minimum absolute atomic E-state index is 0.0596. The quantitative estimate of drug-likeness (QED) is 0.262. The Morgan fingerprint density at radius 1 is 0.500 bits per heavy atom. The van der Waals surface area contributed by atoms with Crippen molar-refractivity contribution in [2.75, 3.05) is 5.32 Å². The second-order valence-electron chi connectivity index (χ2n) is 12.0. The lowest BCUT2D eigenvalue weighted by molar-refractivity contribution is 0.590. The van der Waals surface area contributed by atoms with Crippen molar-refractivity contribution in [3.05, 3.63) is 132 Å². The summed E-state index contributed by atoms with van der Waals surface area (Å²) in [7, 11) is 0. The maximum atomic E-state index is 3.88. The third kappa shape index (κ3) is 4.13. The number of fused-ring (bicyclic) bond motifs is 3. The smallest absolute Gasteiger partial charge is 0.0467 e. The van der Waals surface area contributed by atoms with Crippen LogP contribution in [0.15, 0.2) is 115 Å². The number of nitrogens with one attached hydrogen (secondary N) is 1. The topological polar surface area (TPSA) is 12.0 Å². The van der Waals surface area contributed by atoms with E-state index in [4.69, 9.17) is 0 Å². The van der Waals surface area contributed by atoms with E-state index in [2.05, 4.69) is 155 Å². The summed E-state index contributed by atoms with van der Waals surface area (Å²) in [4.78, 5) is 0. The van der Waals surface area contributed by atoms with Crippen LogP contribution in [0.1, 0.15) is 51.3 Å². The first-order chi connectivity index (χ1) is 18.2. The molecule has 1 aliphatic rings. The van der Waals surface area contributed by atoms with Crippen molar-refractivity contribution < 1.29 is 0 Å². The van der Waals surface area contributed by atoms with Crippen molar-refractivity contribution in [2.24, 2.45) is 0 Å². The van der Waals surface area contributed by atoms with E-state index in [-0.39, 0.29) is 10.8 Å². The number of hydrogen-bond acceptors (Lipinski definition) is 1. The molecular weight excluding hydrogens is 458 g/mol. The van der Waals surface area contributed by atoms with Crippen LogP contribution in [-0.4, -0.2) is 0 Å². The summed E-state index contributed by atoms with van der Waals surface area (Å²) in [6.07, 6.45) is 0. The van der Waals surface area contributed by atoms with Crippen LogP contribution in [0.2, 0.25) is 0 Å². The zero-order valence-electron chi connectivity index (χ0n) is 23.0. The van der Waals surface area contributed by atoms with Crippen LogP contribution in [0.4, 0.5) is 11.4 Å². The van der Waals surface area contributed by atoms with Crippen molar-refractivity contribution in [1.82, 2.24) is 0 Å². The first-order valence-corrected chi connectivity index (χ1v) is 13.5. The van der Waals surface area contributed by atoms with E-state index in [0.29, 0.717) is 0 Å². The second kappa shape index (κ2) is 9.03. The lowest BCUT2D eigenvalue weighted by atomic mass is 9.81. The molecule has 0 heterocycles. The molecule has 5 aromatic rings. The van der Waals surface area contributed by atoms with Gasteiger partial charge < -0.3 is 5.32 Å². The van der Waals surface area contributed by atoms with Gasteiger partial charge in [-0.25, -0.2) is 0 Å². The molecule has 1 heteroatoms. The highest BCUT2D eigenvalue weighted by atomic mass is 14.9. The molecule has 5 aromatic carbocycles. The van der Waals surface area contributed by atoms with Gasteiger partial charge in [0.25, 0.3) is 0 Å². The summed E-state index contributed by atoms with van der Waals surface area (Å²) in [6.45, 7) is 11.5. The number of hydrogen-bond donors (Lipinski definition) is 1. The largest absolute Gasteiger partial charge is 0.355 e. The van der Waals surface area contributed by atoms with E-state index in [0.717, 1.165) is 11.4 Å². The van der Waals surface area contributed by atoms with Gasteiger partial charge in [-0.3, -0.25) is 0 Å². The summed E-state index contributed by atoms with van der Waals surface area (Å²) in [5.74, 6) is 0. The van der Waals surface area contributed by atoms with Crippen molar-refractivity contribution >= 4 is 11.4 Å². The van der Waals surface area contributed by atoms with E-state index in [1.165, 1.54) is 50.1 Å². The summed E-state index contributed by atoms with van der Waals surface area (Å²) >= 11 is 0. The molecule has 0 atom stereocenters. The predicted octanol–water partition coefficient (Wildman–Crippen LogP) is 10.4. The molecule has 0 fully saturated rings. The van der Waals surface area contributed by atoms with E-state index < -0.39 is 0 Å². The van der Waals surface area contributed by atoms with Gasteiger partial charge in [0.1, 0.15) is 0 Å². The highest BCUT2D eigenvalue weighted by molar-refractivity contribution is 5.93. The van der Waals surface area contributed by atoms with Crippen molar-refractivity contribution in [3.8, 4) is 33.4 Å². The molecule has 1 nitrogen and oxygen atoms in total. The SMILES string of the molecule is CC(C)(C)c1ccc(-c2cc3c(cc2Nc2ccccc2-c2ccccc2)C(C)(C)c2ccccc2-3)cc1. The Hall–Kier alpha value is -4.10. The first kappa shape index (κ1) is 24.2. The zero-order chi connectivity index (χ0) is 26.5. The van der Waals surface area contributed by atoms with Gasteiger partial charge >= 0.3 is 0 Å². The van der Waals surface area contributed by atoms with E-state index in [9.17, 15) is 0 Å². The molecular formula is C37H35N. The van der Waals surface area contributed by atoms with Gasteiger partial charge in [-0.05, 0) is 62.6 Å². The van der Waals surface area contributed by atoms with Gasteiger partial charge in [0.2, 0.25) is 0 Å². The molecule has 1 N–H and O–H groups in total. The molecule has 0 spiro atoms. The van der Waals surface area contributed by atoms with Gasteiger partial charge in [0, 0.05) is 27.9 Å². The lowest BCUT2D eigenvalue weighted by Crippen LogP contribution is -2.15. The van der Waals surface area contributed by atoms with Crippen molar-refractivity contribution in [3.63, 3.8) is 0 Å². The van der Waals surface area contributed by atoms with Gasteiger partial charge in [0.15, 0.2) is 0 Å². The number of benzene rings is 5. The fourth-order valence-corrected chi connectivity index (χ4v) is 5.85. The third-order valence-corrected chi connectivity index (χ3v) is 8.06. The van der Waals surface area contributed by atoms with Crippen LogP contribution in [-0.2, 0) is 10.8 Å². The Morgan fingerprint density at radius 2 is 1.11 bits per heavy atom. The molecule has 0 saturated heterocycles. The summed E-state index contributed by atoms with van der Waals surface area (Å²) in [6, 6.07) is 42.0. The van der Waals surface area contributed by atoms with Crippen LogP contribution >= 0.6 is 0 Å². The monoisotopic (exact) mass is 493 g/mol. The Morgan fingerprint density at radius 3 is 1.82 bits per heavy atom. The van der Waals surface area contributed by atoms with Crippen LogP contribution in [0, 0.1) is 0 Å². The highest BCUT2D eigenvalue weighted by Gasteiger charge is 2.36. The fraction of sp³-hybridized carbons (Fsp3) is 0.189. The molecule has 0 amide bonds. The van der Waals surface area contributed by atoms with Crippen LogP contribution in [0.25, 0.3) is 33.4 Å². The lowest BCUT2D eigenvalue weighted by Gasteiger charge is -2.24. The summed E-state index contributed by atoms with van der Waals surface area (Å²) in [5, 5.41) is 3.88. The van der Waals surface area contributed by atoms with E-state index >= 15 is 0 Å². The number of para-hydroxylation sites is 1. The summed E-state index contributed by atoms with van der Waals surface area (Å²) in [5.41, 5.74) is 13.9. The molecule has 0 unspecified atom stereocenters. The predicted molar refractivity (Wildman–Crippen MR) is 163 cm³/mol. The minimum atomic E-state index is -0.0596. The molecule has 0 radical (unpaired) electrons. The number of anilines is 2. The van der Waals surface area contributed by atoms with Gasteiger partial charge in [-0.2, -0.15) is 0 Å². The average Bonchev–Trinajstić information content (AvgIpc) is 3.15. The molecule has 0 aromatic heterocycles. The van der Waals surface area contributed by atoms with Crippen molar-refractivity contribution in [1.29, 1.82) is 0 Å². The minimum Gasteiger partial charge on any atom is -0.355 e. The number of rotatable bonds is 4. The Labute approximate surface area is 227 Å². The van der Waals surface area contributed by atoms with E-state index in [1.807, 2.05) is 0 Å². The van der Waals surface area contributed by atoms with Crippen LogP contribution < -0.4 is 5.32 Å². The van der Waals surface area contributed by atoms with Crippen LogP contribution in [0.3, 0.4) is 0 Å². The molecule has 38 heavy (non-hydrogen) atoms. The van der Waals surface area contributed by atoms with Gasteiger partial charge in [-0.1, -0.05) is 132 Å². The molecule has 1 aliphatic carbocycles. The first-order valence-electron chi connectivity index (χ1n) is 13.5. The Balaban J connectivity index is 1.54. The zero-order valence-corrected chi connectivity index (χ0v) is 23.0. The standard InChI is InChI=1S/C37H35N/c1-36(2,3)27-21-19-26(20-22-27)30-23-31-29-16-9-11-17-32(29)37(4,5)33(31)24-35(30)38-34-18-12-10-15-28(34)25-13-7-6-8-14-25/h6-24,38H,1-5H3. The molecule has 188 valence electrons. The molecule has 0 bridgehead atoms. The highest BCUT2D eigenvalue weighted by Crippen LogP contribution is 2.51. The van der Waals surface area contributed by atoms with Gasteiger partial charge in [-0.15, -0.1) is 0 Å². The Bertz CT molecular complexity index is 1620. The average molecular weight is 494 g/mol. The summed E-state index contributed by atoms with van der Waals surface area (Å²) < 4.78 is 0.